The third-order valence-electron chi connectivity index (χ3n) is 3.71. The molecular weight excluding hydrogens is 326 g/mol. The van der Waals surface area contributed by atoms with Gasteiger partial charge in [-0.05, 0) is 40.7 Å². The smallest absolute Gasteiger partial charge is 0.227 e. The van der Waals surface area contributed by atoms with E-state index in [0.29, 0.717) is 24.6 Å². The number of aliphatic imine (C=N–C) groups is 1. The van der Waals surface area contributed by atoms with Gasteiger partial charge in [-0.15, -0.1) is 0 Å². The topological polar surface area (TPSA) is 65.5 Å². The molecule has 0 saturated heterocycles. The van der Waals surface area contributed by atoms with Gasteiger partial charge in [0, 0.05) is 24.7 Å². The molecule has 1 aromatic carbocycles. The molecule has 7 heteroatoms. The second-order valence-corrected chi connectivity index (χ2v) is 6.47. The molecule has 1 atom stereocenters. The van der Waals surface area contributed by atoms with Gasteiger partial charge in [0.15, 0.2) is 5.96 Å². The molecule has 0 radical (unpaired) electrons. The summed E-state index contributed by atoms with van der Waals surface area (Å²) in [6, 6.07) is 3.07. The van der Waals surface area contributed by atoms with Crippen molar-refractivity contribution in [2.75, 3.05) is 19.6 Å². The predicted molar refractivity (Wildman–Crippen MR) is 96.4 cm³/mol. The van der Waals surface area contributed by atoms with E-state index in [2.05, 4.69) is 20.9 Å². The molecule has 1 unspecified atom stereocenters. The molecular formula is C18H28F2N4O. The summed E-state index contributed by atoms with van der Waals surface area (Å²) in [5.41, 5.74) is -0.321. The van der Waals surface area contributed by atoms with Crippen molar-refractivity contribution >= 4 is 11.9 Å². The third-order valence-corrected chi connectivity index (χ3v) is 3.71. The number of benzene rings is 1. The molecule has 5 nitrogen and oxygen atoms in total. The van der Waals surface area contributed by atoms with Crippen molar-refractivity contribution < 1.29 is 13.6 Å². The first-order valence-corrected chi connectivity index (χ1v) is 8.49. The number of carbonyl (C=O) groups excluding carboxylic acids is 1. The number of nitrogens with zero attached hydrogens (tertiary/aromatic N) is 1. The molecule has 0 aliphatic rings. The van der Waals surface area contributed by atoms with Crippen molar-refractivity contribution in [3.8, 4) is 0 Å². The lowest BCUT2D eigenvalue weighted by Crippen LogP contribution is -2.42. The van der Waals surface area contributed by atoms with Crippen LogP contribution in [-0.2, 0) is 4.79 Å². The van der Waals surface area contributed by atoms with Crippen molar-refractivity contribution in [1.82, 2.24) is 16.0 Å². The lowest BCUT2D eigenvalue weighted by Gasteiger charge is -2.23. The van der Waals surface area contributed by atoms with Crippen molar-refractivity contribution in [3.63, 3.8) is 0 Å². The first kappa shape index (κ1) is 20.9. The van der Waals surface area contributed by atoms with Gasteiger partial charge in [-0.3, -0.25) is 9.79 Å². The number of carbonyl (C=O) groups is 1. The van der Waals surface area contributed by atoms with Crippen LogP contribution in [0, 0.1) is 17.0 Å². The van der Waals surface area contributed by atoms with Crippen LogP contribution in [-0.4, -0.2) is 31.5 Å². The Kier molecular flexibility index (Phi) is 7.80. The Labute approximate surface area is 148 Å². The molecule has 1 aromatic rings. The van der Waals surface area contributed by atoms with E-state index in [1.807, 2.05) is 27.7 Å². The second kappa shape index (κ2) is 9.34. The minimum atomic E-state index is -0.664. The van der Waals surface area contributed by atoms with Crippen LogP contribution in [0.3, 0.4) is 0 Å². The van der Waals surface area contributed by atoms with E-state index in [9.17, 15) is 13.6 Å². The summed E-state index contributed by atoms with van der Waals surface area (Å²) in [6.45, 7) is 10.6. The Bertz CT molecular complexity index is 617. The summed E-state index contributed by atoms with van der Waals surface area (Å²) in [7, 11) is 0. The fourth-order valence-electron chi connectivity index (χ4n) is 2.20. The van der Waals surface area contributed by atoms with Gasteiger partial charge in [-0.25, -0.2) is 8.78 Å². The van der Waals surface area contributed by atoms with E-state index < -0.39 is 23.1 Å². The van der Waals surface area contributed by atoms with Crippen LogP contribution in [0.2, 0.25) is 0 Å². The summed E-state index contributed by atoms with van der Waals surface area (Å²) in [5, 5.41) is 8.94. The lowest BCUT2D eigenvalue weighted by molar-refractivity contribution is -0.128. The fraction of sp³-hybridized carbons (Fsp3) is 0.556. The van der Waals surface area contributed by atoms with Crippen LogP contribution in [0.5, 0.6) is 0 Å². The molecule has 0 spiro atoms. The Morgan fingerprint density at radius 2 is 1.84 bits per heavy atom. The molecule has 25 heavy (non-hydrogen) atoms. The average Bonchev–Trinajstić information content (AvgIpc) is 2.53. The zero-order valence-electron chi connectivity index (χ0n) is 15.5. The van der Waals surface area contributed by atoms with Gasteiger partial charge >= 0.3 is 0 Å². The zero-order chi connectivity index (χ0) is 19.0. The summed E-state index contributed by atoms with van der Waals surface area (Å²) in [6.07, 6.45) is 0. The van der Waals surface area contributed by atoms with E-state index in [0.717, 1.165) is 6.07 Å². The standard InChI is InChI=1S/C18H28F2N4O/c1-6-21-16(25)18(4,5)11-23-17(22-7-2)24-12(3)14-9-8-13(19)10-15(14)20/h8-10,12H,6-7,11H2,1-5H3,(H,21,25)(H2,22,23,24). The van der Waals surface area contributed by atoms with Gasteiger partial charge in [0.05, 0.1) is 18.0 Å². The summed E-state index contributed by atoms with van der Waals surface area (Å²) in [4.78, 5) is 16.5. The van der Waals surface area contributed by atoms with Crippen LogP contribution in [0.15, 0.2) is 23.2 Å². The molecule has 0 bridgehead atoms. The molecule has 140 valence electrons. The number of hydrogen-bond acceptors (Lipinski definition) is 2. The number of rotatable bonds is 7. The highest BCUT2D eigenvalue weighted by atomic mass is 19.1. The first-order valence-electron chi connectivity index (χ1n) is 8.49. The van der Waals surface area contributed by atoms with Gasteiger partial charge in [-0.1, -0.05) is 6.07 Å². The average molecular weight is 354 g/mol. The first-order chi connectivity index (χ1) is 11.7. The summed E-state index contributed by atoms with van der Waals surface area (Å²) < 4.78 is 27.0. The quantitative estimate of drug-likeness (QED) is 0.521. The number of nitrogens with one attached hydrogen (secondary N) is 3. The largest absolute Gasteiger partial charge is 0.357 e. The molecule has 1 rings (SSSR count). The Morgan fingerprint density at radius 1 is 1.20 bits per heavy atom. The van der Waals surface area contributed by atoms with Crippen LogP contribution in [0.25, 0.3) is 0 Å². The fourth-order valence-corrected chi connectivity index (χ4v) is 2.20. The molecule has 0 fully saturated rings. The zero-order valence-corrected chi connectivity index (χ0v) is 15.5. The van der Waals surface area contributed by atoms with Gasteiger partial charge in [0.25, 0.3) is 0 Å². The molecule has 1 amide bonds. The van der Waals surface area contributed by atoms with Crippen molar-refractivity contribution in [3.05, 3.63) is 35.4 Å². The van der Waals surface area contributed by atoms with E-state index in [1.54, 1.807) is 6.92 Å². The maximum absolute atomic E-state index is 13.9. The molecule has 3 N–H and O–H groups in total. The maximum atomic E-state index is 13.9. The minimum Gasteiger partial charge on any atom is -0.357 e. The molecule has 0 saturated carbocycles. The molecule has 0 aliphatic carbocycles. The predicted octanol–water partition coefficient (Wildman–Crippen LogP) is 2.74. The van der Waals surface area contributed by atoms with Crippen LogP contribution in [0.1, 0.15) is 46.2 Å². The third kappa shape index (κ3) is 6.32. The van der Waals surface area contributed by atoms with E-state index >= 15 is 0 Å². The number of amides is 1. The normalized spacial score (nSPS) is 13.3. The Morgan fingerprint density at radius 3 is 2.40 bits per heavy atom. The second-order valence-electron chi connectivity index (χ2n) is 6.47. The van der Waals surface area contributed by atoms with Gasteiger partial charge in [0.1, 0.15) is 11.6 Å². The minimum absolute atomic E-state index is 0.0766. The summed E-state index contributed by atoms with van der Waals surface area (Å²) >= 11 is 0. The van der Waals surface area contributed by atoms with Gasteiger partial charge < -0.3 is 16.0 Å². The molecule has 0 aliphatic heterocycles. The van der Waals surface area contributed by atoms with Gasteiger partial charge in [-0.2, -0.15) is 0 Å². The lowest BCUT2D eigenvalue weighted by atomic mass is 9.92. The SMILES string of the molecule is CCNC(=O)C(C)(C)CN=C(NCC)NC(C)c1ccc(F)cc1F. The Hall–Kier alpha value is -2.18. The van der Waals surface area contributed by atoms with Crippen molar-refractivity contribution in [2.45, 2.75) is 40.7 Å². The van der Waals surface area contributed by atoms with Crippen molar-refractivity contribution in [1.29, 1.82) is 0 Å². The monoisotopic (exact) mass is 354 g/mol. The highest BCUT2D eigenvalue weighted by Gasteiger charge is 2.27. The van der Waals surface area contributed by atoms with Gasteiger partial charge in [0.2, 0.25) is 5.91 Å². The van der Waals surface area contributed by atoms with Crippen molar-refractivity contribution in [2.24, 2.45) is 10.4 Å². The highest BCUT2D eigenvalue weighted by Crippen LogP contribution is 2.18. The van der Waals surface area contributed by atoms with E-state index in [1.165, 1.54) is 12.1 Å². The van der Waals surface area contributed by atoms with Crippen LogP contribution in [0.4, 0.5) is 8.78 Å². The molecule has 0 aromatic heterocycles. The Balaban J connectivity index is 2.86. The number of guanidine groups is 1. The van der Waals surface area contributed by atoms with E-state index in [4.69, 9.17) is 0 Å². The van der Waals surface area contributed by atoms with Crippen LogP contribution >= 0.6 is 0 Å². The number of halogens is 2. The van der Waals surface area contributed by atoms with Crippen LogP contribution < -0.4 is 16.0 Å². The number of hydrogen-bond donors (Lipinski definition) is 3. The van der Waals surface area contributed by atoms with E-state index in [-0.39, 0.29) is 12.5 Å². The maximum Gasteiger partial charge on any atom is 0.227 e. The molecule has 0 heterocycles. The highest BCUT2D eigenvalue weighted by molar-refractivity contribution is 5.83. The summed E-state index contributed by atoms with van der Waals surface area (Å²) in [5.74, 6) is -0.834.